The fraction of sp³-hybridized carbons (Fsp3) is 0.462. The lowest BCUT2D eigenvalue weighted by atomic mass is 10.0. The van der Waals surface area contributed by atoms with Crippen molar-refractivity contribution in [3.63, 3.8) is 0 Å². The lowest BCUT2D eigenvalue weighted by Gasteiger charge is -2.20. The molecule has 2 aromatic heterocycles. The van der Waals surface area contributed by atoms with Crippen LogP contribution < -0.4 is 5.32 Å². The van der Waals surface area contributed by atoms with Crippen molar-refractivity contribution in [2.45, 2.75) is 26.8 Å². The molecule has 0 aliphatic heterocycles. The molecule has 2 rings (SSSR count). The maximum absolute atomic E-state index is 4.54. The second kappa shape index (κ2) is 5.79. The second-order valence-corrected chi connectivity index (χ2v) is 5.26. The Morgan fingerprint density at radius 3 is 2.63 bits per heavy atom. The van der Waals surface area contributed by atoms with E-state index in [4.69, 9.17) is 0 Å². The van der Waals surface area contributed by atoms with Gasteiger partial charge in [-0.2, -0.15) is 0 Å². The lowest BCUT2D eigenvalue weighted by molar-refractivity contribution is 0.563. The normalized spacial score (nSPS) is 12.7. The van der Waals surface area contributed by atoms with Crippen molar-refractivity contribution in [3.8, 4) is 0 Å². The Morgan fingerprint density at radius 1 is 1.37 bits per heavy atom. The minimum absolute atomic E-state index is 0.0347. The Morgan fingerprint density at radius 2 is 2.11 bits per heavy atom. The molecule has 0 saturated heterocycles. The zero-order valence-electron chi connectivity index (χ0n) is 11.6. The van der Waals surface area contributed by atoms with E-state index < -0.39 is 0 Å². The molecule has 1 N–H and O–H groups in total. The standard InChI is InChI=1S/C13H18BrN5/c1-5-15-11(12-13(14)17-18-19(12)4)10-7-6-8(2)16-9(10)3/h6-7,11,15H,5H2,1-4H3. The molecule has 5 nitrogen and oxygen atoms in total. The van der Waals surface area contributed by atoms with Crippen LogP contribution in [0.15, 0.2) is 16.7 Å². The first-order chi connectivity index (χ1) is 9.04. The van der Waals surface area contributed by atoms with Crippen molar-refractivity contribution in [1.29, 1.82) is 0 Å². The van der Waals surface area contributed by atoms with Gasteiger partial charge >= 0.3 is 0 Å². The van der Waals surface area contributed by atoms with Crippen LogP contribution >= 0.6 is 15.9 Å². The van der Waals surface area contributed by atoms with Gasteiger partial charge in [-0.1, -0.05) is 18.2 Å². The molecule has 2 aromatic rings. The van der Waals surface area contributed by atoms with E-state index in [1.807, 2.05) is 27.0 Å². The number of halogens is 1. The number of hydrogen-bond acceptors (Lipinski definition) is 4. The fourth-order valence-corrected chi connectivity index (χ4v) is 2.76. The first kappa shape index (κ1) is 14.1. The highest BCUT2D eigenvalue weighted by Gasteiger charge is 2.23. The second-order valence-electron chi connectivity index (χ2n) is 4.51. The summed E-state index contributed by atoms with van der Waals surface area (Å²) in [6.07, 6.45) is 0. The van der Waals surface area contributed by atoms with Gasteiger partial charge in [-0.3, -0.25) is 4.98 Å². The molecule has 1 atom stereocenters. The van der Waals surface area contributed by atoms with Crippen molar-refractivity contribution < 1.29 is 0 Å². The van der Waals surface area contributed by atoms with E-state index in [-0.39, 0.29) is 6.04 Å². The van der Waals surface area contributed by atoms with E-state index in [9.17, 15) is 0 Å². The van der Waals surface area contributed by atoms with Crippen molar-refractivity contribution in [3.05, 3.63) is 39.4 Å². The molecule has 0 bridgehead atoms. The molecule has 0 aliphatic rings. The van der Waals surface area contributed by atoms with E-state index >= 15 is 0 Å². The van der Waals surface area contributed by atoms with Crippen LogP contribution in [0.5, 0.6) is 0 Å². The summed E-state index contributed by atoms with van der Waals surface area (Å²) in [4.78, 5) is 4.54. The van der Waals surface area contributed by atoms with Gasteiger partial charge in [0, 0.05) is 18.4 Å². The van der Waals surface area contributed by atoms with Gasteiger partial charge in [0.05, 0.1) is 11.7 Å². The van der Waals surface area contributed by atoms with Crippen LogP contribution in [0, 0.1) is 13.8 Å². The first-order valence-corrected chi connectivity index (χ1v) is 7.06. The highest BCUT2D eigenvalue weighted by Crippen LogP contribution is 2.28. The molecule has 102 valence electrons. The van der Waals surface area contributed by atoms with E-state index in [0.717, 1.165) is 33.8 Å². The largest absolute Gasteiger partial charge is 0.305 e. The third kappa shape index (κ3) is 2.84. The molecule has 19 heavy (non-hydrogen) atoms. The van der Waals surface area contributed by atoms with Crippen molar-refractivity contribution in [1.82, 2.24) is 25.3 Å². The smallest absolute Gasteiger partial charge is 0.153 e. The molecule has 0 aliphatic carbocycles. The Bertz CT molecular complexity index is 559. The van der Waals surface area contributed by atoms with Crippen molar-refractivity contribution >= 4 is 15.9 Å². The van der Waals surface area contributed by atoms with Crippen LogP contribution in [0.2, 0.25) is 0 Å². The van der Waals surface area contributed by atoms with Crippen LogP contribution in [-0.4, -0.2) is 26.5 Å². The maximum atomic E-state index is 4.54. The molecule has 0 spiro atoms. The molecular formula is C13H18BrN5. The number of aromatic nitrogens is 4. The van der Waals surface area contributed by atoms with E-state index in [1.165, 1.54) is 0 Å². The topological polar surface area (TPSA) is 55.6 Å². The number of rotatable bonds is 4. The molecule has 0 aromatic carbocycles. The van der Waals surface area contributed by atoms with Crippen molar-refractivity contribution in [2.24, 2.45) is 7.05 Å². The van der Waals surface area contributed by atoms with Crippen LogP contribution in [-0.2, 0) is 7.05 Å². The number of nitrogens with zero attached hydrogens (tertiary/aromatic N) is 4. The average Bonchev–Trinajstić information content (AvgIpc) is 2.67. The van der Waals surface area contributed by atoms with Crippen LogP contribution in [0.1, 0.15) is 35.6 Å². The maximum Gasteiger partial charge on any atom is 0.153 e. The number of pyridine rings is 1. The van der Waals surface area contributed by atoms with Gasteiger partial charge in [0.1, 0.15) is 0 Å². The third-order valence-electron chi connectivity index (χ3n) is 3.09. The van der Waals surface area contributed by atoms with Crippen molar-refractivity contribution in [2.75, 3.05) is 6.54 Å². The van der Waals surface area contributed by atoms with Crippen LogP contribution in [0.25, 0.3) is 0 Å². The zero-order valence-corrected chi connectivity index (χ0v) is 13.2. The summed E-state index contributed by atoms with van der Waals surface area (Å²) in [7, 11) is 1.90. The van der Waals surface area contributed by atoms with Gasteiger partial charge in [-0.05, 0) is 48.0 Å². The van der Waals surface area contributed by atoms with Gasteiger partial charge in [0.25, 0.3) is 0 Å². The molecule has 0 fully saturated rings. The molecule has 2 heterocycles. The summed E-state index contributed by atoms with van der Waals surface area (Å²) >= 11 is 3.47. The monoisotopic (exact) mass is 323 g/mol. The minimum Gasteiger partial charge on any atom is -0.305 e. The summed E-state index contributed by atoms with van der Waals surface area (Å²) in [5.41, 5.74) is 4.21. The predicted molar refractivity (Wildman–Crippen MR) is 77.9 cm³/mol. The molecule has 0 amide bonds. The van der Waals surface area contributed by atoms with Gasteiger partial charge in [0.2, 0.25) is 0 Å². The fourth-order valence-electron chi connectivity index (χ4n) is 2.21. The zero-order chi connectivity index (χ0) is 14.0. The summed E-state index contributed by atoms with van der Waals surface area (Å²) in [6.45, 7) is 6.97. The van der Waals surface area contributed by atoms with Crippen LogP contribution in [0.3, 0.4) is 0 Å². The molecule has 0 saturated carbocycles. The minimum atomic E-state index is 0.0347. The van der Waals surface area contributed by atoms with Gasteiger partial charge in [-0.15, -0.1) is 5.10 Å². The number of aryl methyl sites for hydroxylation is 3. The molecule has 6 heteroatoms. The Labute approximate surface area is 121 Å². The van der Waals surface area contributed by atoms with Crippen LogP contribution in [0.4, 0.5) is 0 Å². The molecule has 0 radical (unpaired) electrons. The third-order valence-corrected chi connectivity index (χ3v) is 3.65. The van der Waals surface area contributed by atoms with Gasteiger partial charge < -0.3 is 5.32 Å². The highest BCUT2D eigenvalue weighted by atomic mass is 79.9. The Kier molecular flexibility index (Phi) is 4.31. The SMILES string of the molecule is CCNC(c1ccc(C)nc1C)c1c(Br)nnn1C. The van der Waals surface area contributed by atoms with Gasteiger partial charge in [0.15, 0.2) is 4.60 Å². The Hall–Kier alpha value is -1.27. The summed E-state index contributed by atoms with van der Waals surface area (Å²) in [5, 5.41) is 11.6. The van der Waals surface area contributed by atoms with Gasteiger partial charge in [-0.25, -0.2) is 4.68 Å². The lowest BCUT2D eigenvalue weighted by Crippen LogP contribution is -2.25. The van der Waals surface area contributed by atoms with E-state index in [0.29, 0.717) is 0 Å². The summed E-state index contributed by atoms with van der Waals surface area (Å²) < 4.78 is 2.55. The van der Waals surface area contributed by atoms with E-state index in [2.05, 4.69) is 49.5 Å². The number of nitrogens with one attached hydrogen (secondary N) is 1. The average molecular weight is 324 g/mol. The first-order valence-electron chi connectivity index (χ1n) is 6.27. The quantitative estimate of drug-likeness (QED) is 0.937. The number of hydrogen-bond donors (Lipinski definition) is 1. The Balaban J connectivity index is 2.51. The predicted octanol–water partition coefficient (Wildman–Crippen LogP) is 2.29. The molecular weight excluding hydrogens is 306 g/mol. The highest BCUT2D eigenvalue weighted by molar-refractivity contribution is 9.10. The summed E-state index contributed by atoms with van der Waals surface area (Å²) in [5.74, 6) is 0. The van der Waals surface area contributed by atoms with E-state index in [1.54, 1.807) is 4.68 Å². The summed E-state index contributed by atoms with van der Waals surface area (Å²) in [6, 6.07) is 4.18. The molecule has 1 unspecified atom stereocenters.